The molecule has 0 bridgehead atoms. The van der Waals surface area contributed by atoms with Gasteiger partial charge >= 0.3 is 19.3 Å². The Morgan fingerprint density at radius 3 is 1.64 bits per heavy atom. The third-order valence-corrected chi connectivity index (χ3v) is 14.3. The van der Waals surface area contributed by atoms with Crippen molar-refractivity contribution < 1.29 is 38.6 Å². The van der Waals surface area contributed by atoms with Crippen LogP contribution < -0.4 is 15.3 Å². The van der Waals surface area contributed by atoms with Gasteiger partial charge in [0.25, 0.3) is 0 Å². The van der Waals surface area contributed by atoms with E-state index in [0.29, 0.717) is 42.5 Å². The van der Waals surface area contributed by atoms with Crippen molar-refractivity contribution in [1.82, 2.24) is 69.9 Å². The number of aliphatic hydroxyl groups is 2. The number of pyridine rings is 2. The van der Waals surface area contributed by atoms with Crippen LogP contribution in [0.2, 0.25) is 0 Å². The highest BCUT2D eigenvalue weighted by Crippen LogP contribution is 2.42. The number of halogens is 1. The first-order valence-electron chi connectivity index (χ1n) is 23.7. The summed E-state index contributed by atoms with van der Waals surface area (Å²) in [6.07, 6.45) is 13.9. The summed E-state index contributed by atoms with van der Waals surface area (Å²) in [5.41, 5.74) is 7.14. The van der Waals surface area contributed by atoms with Gasteiger partial charge in [-0.3, -0.25) is 9.80 Å². The zero-order chi connectivity index (χ0) is 51.3. The minimum Gasteiger partial charge on any atom is -0.442 e. The molecule has 3 fully saturated rings. The molecule has 74 heavy (non-hydrogen) atoms. The largest absolute Gasteiger partial charge is 0.496 e. The molecule has 2 unspecified atom stereocenters. The van der Waals surface area contributed by atoms with Gasteiger partial charge in [0.2, 0.25) is 0 Å². The van der Waals surface area contributed by atoms with Crippen LogP contribution >= 0.6 is 15.9 Å². The van der Waals surface area contributed by atoms with Crippen LogP contribution in [0.1, 0.15) is 50.2 Å². The quantitative estimate of drug-likeness (QED) is 0.184. The average molecular weight is 1070 g/mol. The molecule has 0 aliphatic carbocycles. The van der Waals surface area contributed by atoms with Gasteiger partial charge in [-0.15, -0.1) is 20.4 Å². The van der Waals surface area contributed by atoms with E-state index < -0.39 is 7.12 Å². The van der Waals surface area contributed by atoms with Crippen molar-refractivity contribution in [3.63, 3.8) is 0 Å². The number of ether oxygens (including phenoxy) is 2. The van der Waals surface area contributed by atoms with Gasteiger partial charge in [0.1, 0.15) is 23.6 Å². The smallest absolute Gasteiger partial charge is 0.442 e. The first-order chi connectivity index (χ1) is 35.7. The van der Waals surface area contributed by atoms with Crippen molar-refractivity contribution in [3.8, 4) is 22.8 Å². The lowest BCUT2D eigenvalue weighted by Crippen LogP contribution is -2.41. The summed E-state index contributed by atoms with van der Waals surface area (Å²) < 4.78 is 30.5. The zero-order valence-corrected chi connectivity index (χ0v) is 42.0. The van der Waals surface area contributed by atoms with E-state index in [4.69, 9.17) is 29.0 Å². The van der Waals surface area contributed by atoms with E-state index in [0.717, 1.165) is 44.4 Å². The summed E-state index contributed by atoms with van der Waals surface area (Å²) in [4.78, 5) is 36.9. The first kappa shape index (κ1) is 48.5. The Labute approximate surface area is 431 Å². The average Bonchev–Trinajstić information content (AvgIpc) is 4.25. The fourth-order valence-electron chi connectivity index (χ4n) is 9.36. The molecule has 3 saturated heterocycles. The van der Waals surface area contributed by atoms with E-state index in [1.807, 2.05) is 76.2 Å². The van der Waals surface area contributed by atoms with E-state index in [1.165, 1.54) is 14.9 Å². The third kappa shape index (κ3) is 9.40. The summed E-state index contributed by atoms with van der Waals surface area (Å²) in [6, 6.07) is 19.5. The Bertz CT molecular complexity index is 3290. The van der Waals surface area contributed by atoms with Crippen LogP contribution in [0.15, 0.2) is 115 Å². The molecule has 6 aromatic heterocycles. The van der Waals surface area contributed by atoms with Crippen molar-refractivity contribution in [2.24, 2.45) is 0 Å². The SMILES string of the molecule is CC1(C)OB(c2ccc(-n3cc(CO)nn3)nc2)OC1(C)C.O=C1O[C@@H](Cn2ccnn2)C2Cc3cc(-c4ccc(-n5cc(CO)nn5)nc4)ccc3N12.O=C1O[C@@H](Cn2ccnn2)C2Cc3cc(Br)ccc3N12. The van der Waals surface area contributed by atoms with Gasteiger partial charge in [0.15, 0.2) is 11.6 Å². The Kier molecular flexibility index (Phi) is 12.8. The zero-order valence-electron chi connectivity index (χ0n) is 40.4. The molecule has 8 aromatic rings. The van der Waals surface area contributed by atoms with Crippen LogP contribution in [0.4, 0.5) is 21.0 Å². The Balaban J connectivity index is 0.000000124. The predicted octanol–water partition coefficient (Wildman–Crippen LogP) is 3.81. The van der Waals surface area contributed by atoms with Crippen LogP contribution in [0.5, 0.6) is 0 Å². The molecule has 24 nitrogen and oxygen atoms in total. The van der Waals surface area contributed by atoms with Crippen molar-refractivity contribution in [2.45, 2.75) is 102 Å². The van der Waals surface area contributed by atoms with Gasteiger partial charge in [-0.1, -0.05) is 48.9 Å². The van der Waals surface area contributed by atoms with Crippen LogP contribution in [0.3, 0.4) is 0 Å². The van der Waals surface area contributed by atoms with Gasteiger partial charge in [0.05, 0.1) is 85.8 Å². The highest BCUT2D eigenvalue weighted by Gasteiger charge is 2.52. The van der Waals surface area contributed by atoms with Crippen molar-refractivity contribution in [3.05, 3.63) is 137 Å². The van der Waals surface area contributed by atoms with E-state index in [1.54, 1.807) is 68.7 Å². The molecule has 2 N–H and O–H groups in total. The van der Waals surface area contributed by atoms with Crippen LogP contribution in [0.25, 0.3) is 22.8 Å². The molecule has 11 heterocycles. The summed E-state index contributed by atoms with van der Waals surface area (Å²) >= 11 is 3.47. The summed E-state index contributed by atoms with van der Waals surface area (Å²) in [7, 11) is -0.435. The fourth-order valence-corrected chi connectivity index (χ4v) is 9.76. The number of rotatable bonds is 10. The molecule has 5 aliphatic heterocycles. The van der Waals surface area contributed by atoms with Crippen LogP contribution in [0, 0.1) is 0 Å². The predicted molar refractivity (Wildman–Crippen MR) is 266 cm³/mol. The van der Waals surface area contributed by atoms with E-state index in [9.17, 15) is 9.59 Å². The molecule has 0 spiro atoms. The lowest BCUT2D eigenvalue weighted by atomic mass is 9.80. The lowest BCUT2D eigenvalue weighted by molar-refractivity contribution is 0.00578. The molecular weight excluding hydrogens is 1020 g/mol. The van der Waals surface area contributed by atoms with Crippen molar-refractivity contribution >= 4 is 52.1 Å². The molecule has 13 rings (SSSR count). The normalized spacial score (nSPS) is 20.5. The first-order valence-corrected chi connectivity index (χ1v) is 24.5. The number of cyclic esters (lactones) is 2. The van der Waals surface area contributed by atoms with E-state index in [-0.39, 0.29) is 60.9 Å². The van der Waals surface area contributed by atoms with Gasteiger partial charge in [-0.2, -0.15) is 0 Å². The minimum absolute atomic E-state index is 0.0380. The summed E-state index contributed by atoms with van der Waals surface area (Å²) in [6.45, 7) is 8.74. The molecule has 4 atom stereocenters. The van der Waals surface area contributed by atoms with Crippen molar-refractivity contribution in [2.75, 3.05) is 9.80 Å². The number of carbonyl (C=O) groups excluding carboxylic acids is 2. The molecule has 0 saturated carbocycles. The second kappa shape index (κ2) is 19.6. The van der Waals surface area contributed by atoms with Gasteiger partial charge < -0.3 is 29.0 Å². The number of benzene rings is 2. The number of hydrogen-bond acceptors (Lipinski definition) is 18. The van der Waals surface area contributed by atoms with Crippen LogP contribution in [-0.4, -0.2) is 135 Å². The molecule has 5 aliphatic rings. The molecular formula is C48H48BBrN16O8. The molecule has 26 heteroatoms. The second-order valence-electron chi connectivity index (χ2n) is 19.1. The maximum atomic E-state index is 12.5. The molecule has 2 amide bonds. The Morgan fingerprint density at radius 2 is 1.16 bits per heavy atom. The van der Waals surface area contributed by atoms with E-state index >= 15 is 0 Å². The Hall–Kier alpha value is -7.78. The number of fused-ring (bicyclic) bond motifs is 6. The maximum Gasteiger partial charge on any atom is 0.496 e. The van der Waals surface area contributed by atoms with Gasteiger partial charge in [0, 0.05) is 40.3 Å². The monoisotopic (exact) mass is 1070 g/mol. The number of nitrogens with zero attached hydrogens (tertiary/aromatic N) is 16. The number of anilines is 2. The third-order valence-electron chi connectivity index (χ3n) is 13.8. The second-order valence-corrected chi connectivity index (χ2v) is 20.0. The number of aliphatic hydroxyl groups excluding tert-OH is 2. The van der Waals surface area contributed by atoms with E-state index in [2.05, 4.69) is 79.3 Å². The number of amides is 2. The van der Waals surface area contributed by atoms with Gasteiger partial charge in [-0.05, 0) is 106 Å². The molecule has 0 radical (unpaired) electrons. The number of carbonyl (C=O) groups is 2. The highest BCUT2D eigenvalue weighted by molar-refractivity contribution is 9.10. The van der Waals surface area contributed by atoms with Gasteiger partial charge in [-0.25, -0.2) is 38.3 Å². The summed E-state index contributed by atoms with van der Waals surface area (Å²) in [5, 5.41) is 49.2. The standard InChI is InChI=1S/C21H18N8O3.C14H19BN4O3.C13H11BrN4O2/c30-12-16-10-28(26-24-16)20-4-2-14(9-22-20)13-1-3-17-15(7-13)8-18-19(32-21(31)29(17)18)11-27-6-5-23-25-27;1-13(2)14(3,4)22-15(21-13)10-5-6-12(16-7-10)19-8-11(9-20)17-18-19;14-9-1-2-10-8(5-9)6-11-12(20-13(19)18(10)11)7-17-4-3-15-16-17/h1-7,9-10,18-19,30H,8,11-12H2;5-8,20H,9H2,1-4H3;1-5,11-12H,6-7H2/t18?,19-;;11?,12-/m0.0/s1. The number of aromatic nitrogens is 14. The fraction of sp³-hybridized carbons (Fsp3) is 0.333. The molecule has 2 aromatic carbocycles. The molecule has 378 valence electrons. The Morgan fingerprint density at radius 1 is 0.649 bits per heavy atom. The number of hydrogen-bond donors (Lipinski definition) is 2. The lowest BCUT2D eigenvalue weighted by Gasteiger charge is -2.32. The summed E-state index contributed by atoms with van der Waals surface area (Å²) in [5.74, 6) is 1.23. The maximum absolute atomic E-state index is 12.5. The van der Waals surface area contributed by atoms with Crippen LogP contribution in [-0.2, 0) is 57.9 Å². The highest BCUT2D eigenvalue weighted by atomic mass is 79.9. The topological polar surface area (TPSA) is 267 Å². The van der Waals surface area contributed by atoms with Crippen molar-refractivity contribution in [1.29, 1.82) is 0 Å². The minimum atomic E-state index is -0.435.